The second-order valence-electron chi connectivity index (χ2n) is 6.17. The second kappa shape index (κ2) is 8.27. The summed E-state index contributed by atoms with van der Waals surface area (Å²) in [7, 11) is 1.61. The summed E-state index contributed by atoms with van der Waals surface area (Å²) in [5.74, 6) is 0.529. The topological polar surface area (TPSA) is 69.4 Å². The summed E-state index contributed by atoms with van der Waals surface area (Å²) in [6, 6.07) is 23.2. The van der Waals surface area contributed by atoms with Crippen LogP contribution in [0.3, 0.4) is 0 Å². The number of ether oxygens (including phenoxy) is 1. The third-order valence-corrected chi connectivity index (χ3v) is 4.49. The van der Waals surface area contributed by atoms with E-state index in [9.17, 15) is 14.9 Å². The summed E-state index contributed by atoms with van der Waals surface area (Å²) in [5.41, 5.74) is 2.44. The van der Waals surface area contributed by atoms with Crippen LogP contribution in [0.15, 0.2) is 78.9 Å². The molecule has 0 aliphatic rings. The van der Waals surface area contributed by atoms with Crippen molar-refractivity contribution in [3.63, 3.8) is 0 Å². The van der Waals surface area contributed by atoms with Crippen LogP contribution in [0.2, 0.25) is 0 Å². The molecule has 5 heteroatoms. The maximum Gasteiger partial charge on any atom is 0.269 e. The van der Waals surface area contributed by atoms with E-state index in [1.54, 1.807) is 7.11 Å². The van der Waals surface area contributed by atoms with Gasteiger partial charge in [-0.05, 0) is 35.4 Å². The molecule has 3 aromatic rings. The molecule has 0 saturated carbocycles. The van der Waals surface area contributed by atoms with Crippen LogP contribution in [-0.4, -0.2) is 17.8 Å². The lowest BCUT2D eigenvalue weighted by atomic mass is 9.85. The summed E-state index contributed by atoms with van der Waals surface area (Å²) >= 11 is 0. The highest BCUT2D eigenvalue weighted by Crippen LogP contribution is 2.31. The van der Waals surface area contributed by atoms with E-state index in [2.05, 4.69) is 0 Å². The molecule has 1 atom stereocenters. The molecule has 0 saturated heterocycles. The van der Waals surface area contributed by atoms with Crippen LogP contribution < -0.4 is 4.74 Å². The van der Waals surface area contributed by atoms with Crippen LogP contribution in [0.25, 0.3) is 0 Å². The van der Waals surface area contributed by atoms with Gasteiger partial charge in [0.1, 0.15) is 5.75 Å². The number of carbonyl (C=O) groups excluding carboxylic acids is 1. The van der Waals surface area contributed by atoms with Crippen molar-refractivity contribution in [3.05, 3.63) is 106 Å². The first-order chi connectivity index (χ1) is 13.1. The Morgan fingerprint density at radius 3 is 2.26 bits per heavy atom. The van der Waals surface area contributed by atoms with E-state index in [0.717, 1.165) is 16.9 Å². The van der Waals surface area contributed by atoms with Crippen LogP contribution in [-0.2, 0) is 0 Å². The Labute approximate surface area is 157 Å². The van der Waals surface area contributed by atoms with Crippen molar-refractivity contribution < 1.29 is 14.5 Å². The van der Waals surface area contributed by atoms with E-state index in [1.165, 1.54) is 24.3 Å². The number of rotatable bonds is 7. The highest BCUT2D eigenvalue weighted by molar-refractivity contribution is 5.97. The van der Waals surface area contributed by atoms with Crippen molar-refractivity contribution in [1.29, 1.82) is 0 Å². The van der Waals surface area contributed by atoms with Crippen molar-refractivity contribution in [2.75, 3.05) is 7.11 Å². The van der Waals surface area contributed by atoms with Crippen LogP contribution >= 0.6 is 0 Å². The highest BCUT2D eigenvalue weighted by Gasteiger charge is 2.20. The smallest absolute Gasteiger partial charge is 0.269 e. The number of nitro benzene ring substituents is 1. The van der Waals surface area contributed by atoms with Crippen LogP contribution in [0, 0.1) is 10.1 Å². The van der Waals surface area contributed by atoms with Gasteiger partial charge in [0.25, 0.3) is 5.69 Å². The predicted octanol–water partition coefficient (Wildman–Crippen LogP) is 5.01. The fraction of sp³-hybridized carbons (Fsp3) is 0.136. The maximum absolute atomic E-state index is 12.8. The first-order valence-electron chi connectivity index (χ1n) is 8.55. The molecule has 0 aliphatic carbocycles. The number of non-ortho nitro benzene ring substituents is 1. The summed E-state index contributed by atoms with van der Waals surface area (Å²) in [5, 5.41) is 10.8. The van der Waals surface area contributed by atoms with Crippen molar-refractivity contribution in [2.45, 2.75) is 12.3 Å². The zero-order valence-electron chi connectivity index (χ0n) is 14.9. The van der Waals surface area contributed by atoms with Crippen LogP contribution in [0.5, 0.6) is 5.75 Å². The molecule has 136 valence electrons. The number of methoxy groups -OCH3 is 1. The zero-order valence-corrected chi connectivity index (χ0v) is 14.9. The lowest BCUT2D eigenvalue weighted by molar-refractivity contribution is -0.384. The maximum atomic E-state index is 12.8. The third-order valence-electron chi connectivity index (χ3n) is 4.49. The lowest BCUT2D eigenvalue weighted by Crippen LogP contribution is -2.09. The predicted molar refractivity (Wildman–Crippen MR) is 103 cm³/mol. The fourth-order valence-corrected chi connectivity index (χ4v) is 3.04. The van der Waals surface area contributed by atoms with Gasteiger partial charge in [-0.15, -0.1) is 0 Å². The number of hydrogen-bond donors (Lipinski definition) is 0. The summed E-state index contributed by atoms with van der Waals surface area (Å²) in [6.07, 6.45) is 0.259. The highest BCUT2D eigenvalue weighted by atomic mass is 16.6. The van der Waals surface area contributed by atoms with Gasteiger partial charge in [0.15, 0.2) is 5.78 Å². The van der Waals surface area contributed by atoms with Crippen LogP contribution in [0.4, 0.5) is 5.69 Å². The Balaban J connectivity index is 1.91. The molecule has 0 spiro atoms. The standard InChI is InChI=1S/C22H19NO4/c1-27-20-9-5-8-18(14-20)21(16-6-3-2-4-7-16)15-22(24)17-10-12-19(13-11-17)23(25)26/h2-14,21H,15H2,1H3/t21-/m0/s1. The average molecular weight is 361 g/mol. The SMILES string of the molecule is COc1cccc([C@@H](CC(=O)c2ccc([N+](=O)[O-])cc2)c2ccccc2)c1. The number of carbonyl (C=O) groups is 1. The Hall–Kier alpha value is -3.47. The molecule has 0 aromatic heterocycles. The summed E-state index contributed by atoms with van der Waals surface area (Å²) in [4.78, 5) is 23.2. The quantitative estimate of drug-likeness (QED) is 0.337. The first-order valence-corrected chi connectivity index (χ1v) is 8.55. The minimum Gasteiger partial charge on any atom is -0.497 e. The van der Waals surface area contributed by atoms with E-state index in [4.69, 9.17) is 4.74 Å². The minimum atomic E-state index is -0.475. The number of nitro groups is 1. The molecule has 0 bridgehead atoms. The molecular weight excluding hydrogens is 342 g/mol. The van der Waals surface area contributed by atoms with Crippen molar-refractivity contribution >= 4 is 11.5 Å². The van der Waals surface area contributed by atoms with Gasteiger partial charge >= 0.3 is 0 Å². The lowest BCUT2D eigenvalue weighted by Gasteiger charge is -2.18. The van der Waals surface area contributed by atoms with Gasteiger partial charge in [0.05, 0.1) is 12.0 Å². The largest absolute Gasteiger partial charge is 0.497 e. The average Bonchev–Trinajstić information content (AvgIpc) is 2.72. The van der Waals surface area contributed by atoms with E-state index in [0.29, 0.717) is 5.56 Å². The molecule has 5 nitrogen and oxygen atoms in total. The number of hydrogen-bond acceptors (Lipinski definition) is 4. The van der Waals surface area contributed by atoms with Gasteiger partial charge in [0, 0.05) is 30.0 Å². The zero-order chi connectivity index (χ0) is 19.2. The second-order valence-corrected chi connectivity index (χ2v) is 6.17. The third kappa shape index (κ3) is 4.39. The van der Waals surface area contributed by atoms with Gasteiger partial charge in [-0.1, -0.05) is 42.5 Å². The van der Waals surface area contributed by atoms with Crippen molar-refractivity contribution in [2.24, 2.45) is 0 Å². The molecule has 0 unspecified atom stereocenters. The molecule has 0 heterocycles. The first kappa shape index (κ1) is 18.3. The van der Waals surface area contributed by atoms with Gasteiger partial charge < -0.3 is 4.74 Å². The number of benzene rings is 3. The number of ketones is 1. The fourth-order valence-electron chi connectivity index (χ4n) is 3.04. The van der Waals surface area contributed by atoms with Crippen molar-refractivity contribution in [3.8, 4) is 5.75 Å². The Kier molecular flexibility index (Phi) is 5.61. The van der Waals surface area contributed by atoms with Gasteiger partial charge in [-0.2, -0.15) is 0 Å². The van der Waals surface area contributed by atoms with Crippen molar-refractivity contribution in [1.82, 2.24) is 0 Å². The van der Waals surface area contributed by atoms with E-state index >= 15 is 0 Å². The normalized spacial score (nSPS) is 11.6. The molecule has 27 heavy (non-hydrogen) atoms. The Morgan fingerprint density at radius 1 is 0.963 bits per heavy atom. The molecule has 3 aromatic carbocycles. The molecule has 0 amide bonds. The monoisotopic (exact) mass is 361 g/mol. The van der Waals surface area contributed by atoms with E-state index < -0.39 is 4.92 Å². The van der Waals surface area contributed by atoms with Crippen LogP contribution in [0.1, 0.15) is 33.8 Å². The molecular formula is C22H19NO4. The van der Waals surface area contributed by atoms with Gasteiger partial charge in [-0.25, -0.2) is 0 Å². The Bertz CT molecular complexity index is 936. The van der Waals surface area contributed by atoms with E-state index in [1.807, 2.05) is 54.6 Å². The number of Topliss-reactive ketones (excluding diaryl/α,β-unsaturated/α-hetero) is 1. The molecule has 0 N–H and O–H groups in total. The van der Waals surface area contributed by atoms with Gasteiger partial charge in [-0.3, -0.25) is 14.9 Å². The Morgan fingerprint density at radius 2 is 1.63 bits per heavy atom. The summed E-state index contributed by atoms with van der Waals surface area (Å²) in [6.45, 7) is 0. The molecule has 0 aliphatic heterocycles. The minimum absolute atomic E-state index is 0.0287. The van der Waals surface area contributed by atoms with E-state index in [-0.39, 0.29) is 23.8 Å². The number of nitrogens with zero attached hydrogens (tertiary/aromatic N) is 1. The summed E-state index contributed by atoms with van der Waals surface area (Å²) < 4.78 is 5.32. The molecule has 3 rings (SSSR count). The molecule has 0 fully saturated rings. The molecule has 0 radical (unpaired) electrons. The van der Waals surface area contributed by atoms with Gasteiger partial charge in [0.2, 0.25) is 0 Å².